The maximum atomic E-state index is 3.15. The van der Waals surface area contributed by atoms with Crippen molar-refractivity contribution < 1.29 is 49.0 Å². The minimum atomic E-state index is 0. The minimum absolute atomic E-state index is 0. The molecular weight excluding hydrogens is 703 g/mol. The summed E-state index contributed by atoms with van der Waals surface area (Å²) in [6.07, 6.45) is 16.6. The topological polar surface area (TPSA) is 0 Å². The van der Waals surface area contributed by atoms with Gasteiger partial charge in [-0.15, -0.1) is 46.7 Å². The molecule has 1 unspecified atom stereocenters. The monoisotopic (exact) mass is 744 g/mol. The van der Waals surface area contributed by atoms with Crippen molar-refractivity contribution in [3.63, 3.8) is 0 Å². The fourth-order valence-electron chi connectivity index (χ4n) is 6.67. The average molecular weight is 747 g/mol. The van der Waals surface area contributed by atoms with E-state index in [9.17, 15) is 0 Å². The smallest absolute Gasteiger partial charge is 1.00 e. The molecule has 0 saturated heterocycles. The molecule has 0 amide bonds. The second-order valence-electron chi connectivity index (χ2n) is 14.4. The predicted octanol–water partition coefficient (Wildman–Crippen LogP) is 5.69. The summed E-state index contributed by atoms with van der Waals surface area (Å²) in [5, 5.41) is 5.53. The van der Waals surface area contributed by atoms with Crippen molar-refractivity contribution >= 4 is 36.9 Å². The number of rotatable bonds is 2. The van der Waals surface area contributed by atoms with Gasteiger partial charge in [0, 0.05) is 10.8 Å². The molecule has 3 aliphatic carbocycles. The van der Waals surface area contributed by atoms with Gasteiger partial charge in [-0.05, 0) is 11.1 Å². The molecule has 3 aliphatic rings. The van der Waals surface area contributed by atoms with Gasteiger partial charge in [-0.3, -0.25) is 6.08 Å². The second kappa shape index (κ2) is 14.9. The van der Waals surface area contributed by atoms with E-state index in [1.165, 1.54) is 99.1 Å². The molecule has 244 valence electrons. The van der Waals surface area contributed by atoms with Crippen molar-refractivity contribution in [3.05, 3.63) is 159 Å². The van der Waals surface area contributed by atoms with Crippen molar-refractivity contribution in [2.24, 2.45) is 5.92 Å². The number of aryl methyl sites for hydroxylation is 2. The van der Waals surface area contributed by atoms with Gasteiger partial charge >= 0.3 is 112 Å². The van der Waals surface area contributed by atoms with Gasteiger partial charge in [0.05, 0.1) is 0 Å². The molecule has 0 saturated carbocycles. The molecule has 3 heteroatoms. The van der Waals surface area contributed by atoms with Crippen LogP contribution in [-0.2, 0) is 35.1 Å². The number of halogens is 2. The van der Waals surface area contributed by atoms with Crippen LogP contribution < -0.4 is 24.8 Å². The zero-order valence-electron chi connectivity index (χ0n) is 29.3. The van der Waals surface area contributed by atoms with Gasteiger partial charge in [0.15, 0.2) is 0 Å². The number of benzene rings is 4. The van der Waals surface area contributed by atoms with Crippen molar-refractivity contribution in [1.82, 2.24) is 0 Å². The van der Waals surface area contributed by atoms with Crippen LogP contribution in [-0.4, -0.2) is 3.21 Å². The average Bonchev–Trinajstić information content (AvgIpc) is 3.75. The summed E-state index contributed by atoms with van der Waals surface area (Å²) in [6.45, 7) is 17.7. The Hall–Kier alpha value is -2.96. The molecular formula is C45H44Cl2Zr-2. The molecule has 0 nitrogen and oxygen atoms in total. The minimum Gasteiger partial charge on any atom is -1.00 e. The van der Waals surface area contributed by atoms with E-state index in [-0.39, 0.29) is 35.6 Å². The van der Waals surface area contributed by atoms with Crippen molar-refractivity contribution in [2.45, 2.75) is 66.2 Å². The zero-order valence-corrected chi connectivity index (χ0v) is 33.3. The van der Waals surface area contributed by atoms with E-state index in [1.807, 2.05) is 6.08 Å². The third kappa shape index (κ3) is 7.92. The zero-order chi connectivity index (χ0) is 32.8. The fraction of sp³-hybridized carbons (Fsp3) is 0.244. The molecule has 0 aliphatic heterocycles. The summed E-state index contributed by atoms with van der Waals surface area (Å²) < 4.78 is 1.42. The summed E-state index contributed by atoms with van der Waals surface area (Å²) in [5.41, 5.74) is 12.6. The van der Waals surface area contributed by atoms with Gasteiger partial charge in [0.1, 0.15) is 0 Å². The molecule has 0 heterocycles. The Kier molecular flexibility index (Phi) is 11.7. The second-order valence-corrected chi connectivity index (χ2v) is 15.7. The van der Waals surface area contributed by atoms with E-state index >= 15 is 0 Å². The summed E-state index contributed by atoms with van der Waals surface area (Å²) in [5.74, 6) is 0.556. The Morgan fingerprint density at radius 3 is 1.42 bits per heavy atom. The Balaban J connectivity index is 0.000000182. The number of allylic oxidation sites excluding steroid dienone is 6. The first-order valence-electron chi connectivity index (χ1n) is 16.4. The van der Waals surface area contributed by atoms with Gasteiger partial charge in [0.2, 0.25) is 0 Å². The van der Waals surface area contributed by atoms with Gasteiger partial charge in [-0.2, -0.15) is 6.08 Å². The number of fused-ring (bicyclic) bond motifs is 5. The van der Waals surface area contributed by atoms with Crippen molar-refractivity contribution in [2.75, 3.05) is 0 Å². The molecule has 1 atom stereocenters. The van der Waals surface area contributed by atoms with Crippen LogP contribution in [0, 0.1) is 25.8 Å². The van der Waals surface area contributed by atoms with Crippen LogP contribution in [0.15, 0.2) is 109 Å². The largest absolute Gasteiger partial charge is 1.00 e. The Morgan fingerprint density at radius 1 is 0.667 bits per heavy atom. The third-order valence-electron chi connectivity index (χ3n) is 9.56. The summed E-state index contributed by atoms with van der Waals surface area (Å²) in [6, 6.07) is 29.5. The first kappa shape index (κ1) is 37.9. The van der Waals surface area contributed by atoms with E-state index < -0.39 is 0 Å². The Labute approximate surface area is 315 Å². The molecule has 5 aromatic carbocycles. The molecule has 0 aromatic heterocycles. The van der Waals surface area contributed by atoms with Gasteiger partial charge in [-0.25, -0.2) is 11.6 Å². The van der Waals surface area contributed by atoms with Crippen LogP contribution in [0.1, 0.15) is 86.1 Å². The normalized spacial score (nSPS) is 17.0. The Bertz CT molecular complexity index is 1950. The maximum absolute atomic E-state index is 3.15. The first-order valence-corrected chi connectivity index (χ1v) is 17.6. The molecule has 8 rings (SSSR count). The standard InChI is InChI=1S/C23H21.C15H14.C7H9.2ClH.Zr/c1-22(2)7-5-14-10-18-16(12-20(14)22)9-17-13-21-15(11-19(17)18)6-8-23(21,3)4;1-12-3-7-14(8-4-12)11-15-9-5-13(2)6-10-15;1-6-3-4-7(2)5-6;;;/h5-13H,1-4H3;3-10H,1-2H3;3,5,7H,1-2H3;2*1H;/q-1;;-1;;;+2/p-2. The van der Waals surface area contributed by atoms with E-state index in [1.54, 1.807) is 0 Å². The summed E-state index contributed by atoms with van der Waals surface area (Å²) >= 11 is 1.46. The van der Waals surface area contributed by atoms with E-state index in [0.29, 0.717) is 5.92 Å². The van der Waals surface area contributed by atoms with Crippen LogP contribution in [0.3, 0.4) is 0 Å². The van der Waals surface area contributed by atoms with Crippen LogP contribution in [0.2, 0.25) is 0 Å². The first-order chi connectivity index (χ1) is 21.8. The van der Waals surface area contributed by atoms with Crippen molar-refractivity contribution in [3.8, 4) is 0 Å². The molecule has 0 radical (unpaired) electrons. The molecule has 0 fully saturated rings. The number of hydrogen-bond donors (Lipinski definition) is 0. The third-order valence-corrected chi connectivity index (χ3v) is 11.0. The van der Waals surface area contributed by atoms with E-state index in [0.717, 1.165) is 0 Å². The van der Waals surface area contributed by atoms with E-state index in [2.05, 4.69) is 171 Å². The summed E-state index contributed by atoms with van der Waals surface area (Å²) in [4.78, 5) is 0. The molecule has 0 spiro atoms. The van der Waals surface area contributed by atoms with Crippen molar-refractivity contribution in [1.29, 1.82) is 0 Å². The number of hydrogen-bond acceptors (Lipinski definition) is 0. The maximum Gasteiger partial charge on any atom is -1.00 e. The van der Waals surface area contributed by atoms with Crippen LogP contribution in [0.25, 0.3) is 33.7 Å². The van der Waals surface area contributed by atoms with Crippen LogP contribution in [0.5, 0.6) is 0 Å². The summed E-state index contributed by atoms with van der Waals surface area (Å²) in [7, 11) is 0. The predicted molar refractivity (Wildman–Crippen MR) is 197 cm³/mol. The molecule has 0 N–H and O–H groups in total. The quantitative estimate of drug-likeness (QED) is 0.204. The van der Waals surface area contributed by atoms with Crippen LogP contribution in [0.4, 0.5) is 0 Å². The molecule has 48 heavy (non-hydrogen) atoms. The van der Waals surface area contributed by atoms with Gasteiger partial charge < -0.3 is 24.8 Å². The Morgan fingerprint density at radius 2 is 1.08 bits per heavy atom. The van der Waals surface area contributed by atoms with Gasteiger partial charge in [0.25, 0.3) is 0 Å². The van der Waals surface area contributed by atoms with E-state index in [4.69, 9.17) is 0 Å². The van der Waals surface area contributed by atoms with Gasteiger partial charge in [-0.1, -0.05) is 88.1 Å². The fourth-order valence-corrected chi connectivity index (χ4v) is 7.49. The molecule has 5 aromatic rings. The van der Waals surface area contributed by atoms with Crippen LogP contribution >= 0.6 is 0 Å². The molecule has 0 bridgehead atoms. The SMILES string of the molecule is CC1(C)C=Cc2cc3c(cc21)[cH-]c1cc2c(cc13)C=CC2(C)C.CC1=CC(C)[C-]=C1.Cc1ccc([C](=[Zr+2])c2ccc(C)cc2)cc1.[Cl-].[Cl-].